The van der Waals surface area contributed by atoms with Crippen LogP contribution in [-0.4, -0.2) is 25.0 Å². The number of hydrogen-bond donors (Lipinski definition) is 0. The van der Waals surface area contributed by atoms with Gasteiger partial charge in [-0.1, -0.05) is 5.18 Å². The Morgan fingerprint density at radius 2 is 1.93 bits per heavy atom. The van der Waals surface area contributed by atoms with Crippen molar-refractivity contribution in [1.29, 1.82) is 0 Å². The molecule has 1 aliphatic heterocycles. The molecule has 3 aliphatic rings. The quantitative estimate of drug-likeness (QED) is 0.624. The molecule has 1 spiro atoms. The van der Waals surface area contributed by atoms with Crippen molar-refractivity contribution in [3.63, 3.8) is 0 Å². The maximum absolute atomic E-state index is 10.7. The molecule has 0 radical (unpaired) electrons. The van der Waals surface area contributed by atoms with Crippen molar-refractivity contribution in [3.05, 3.63) is 4.91 Å². The first-order valence-electron chi connectivity index (χ1n) is 5.94. The van der Waals surface area contributed by atoms with E-state index in [2.05, 4.69) is 5.18 Å². The minimum atomic E-state index is -0.287. The van der Waals surface area contributed by atoms with Crippen LogP contribution in [0.15, 0.2) is 5.18 Å². The second-order valence-corrected chi connectivity index (χ2v) is 4.99. The van der Waals surface area contributed by atoms with Gasteiger partial charge in [0, 0.05) is 12.3 Å². The topological polar surface area (TPSA) is 47.9 Å². The second-order valence-electron chi connectivity index (χ2n) is 4.99. The highest BCUT2D eigenvalue weighted by molar-refractivity contribution is 4.97. The van der Waals surface area contributed by atoms with E-state index in [4.69, 9.17) is 9.47 Å². The fraction of sp³-hybridized carbons (Fsp3) is 1.00. The molecule has 2 saturated carbocycles. The largest absolute Gasteiger partial charge is 0.347 e. The van der Waals surface area contributed by atoms with Gasteiger partial charge in [-0.05, 0) is 31.6 Å². The van der Waals surface area contributed by atoms with Gasteiger partial charge in [-0.15, -0.1) is 0 Å². The molecule has 3 rings (SSSR count). The first-order valence-corrected chi connectivity index (χ1v) is 5.94. The molecule has 4 nitrogen and oxygen atoms in total. The van der Waals surface area contributed by atoms with E-state index in [9.17, 15) is 4.91 Å². The lowest BCUT2D eigenvalue weighted by Gasteiger charge is -2.46. The van der Waals surface area contributed by atoms with Crippen LogP contribution in [0.5, 0.6) is 0 Å². The molecule has 0 aromatic heterocycles. The Morgan fingerprint density at radius 3 is 2.67 bits per heavy atom. The maximum atomic E-state index is 10.7. The molecule has 3 atom stereocenters. The molecule has 2 aliphatic carbocycles. The Kier molecular flexibility index (Phi) is 2.29. The first-order chi connectivity index (χ1) is 7.34. The molecular weight excluding hydrogens is 194 g/mol. The average Bonchev–Trinajstić information content (AvgIpc) is 2.74. The average molecular weight is 211 g/mol. The maximum Gasteiger partial charge on any atom is 0.171 e. The van der Waals surface area contributed by atoms with Gasteiger partial charge in [0.15, 0.2) is 5.79 Å². The minimum absolute atomic E-state index is 0.0556. The Bertz CT molecular complexity index is 263. The van der Waals surface area contributed by atoms with Gasteiger partial charge in [-0.25, -0.2) is 0 Å². The predicted molar refractivity (Wildman–Crippen MR) is 54.3 cm³/mol. The van der Waals surface area contributed by atoms with E-state index in [1.165, 1.54) is 0 Å². The van der Waals surface area contributed by atoms with Gasteiger partial charge < -0.3 is 9.47 Å². The van der Waals surface area contributed by atoms with E-state index < -0.39 is 0 Å². The van der Waals surface area contributed by atoms with Crippen molar-refractivity contribution >= 4 is 0 Å². The van der Waals surface area contributed by atoms with Gasteiger partial charge in [0.05, 0.1) is 19.3 Å². The van der Waals surface area contributed by atoms with Gasteiger partial charge in [0.1, 0.15) is 0 Å². The summed E-state index contributed by atoms with van der Waals surface area (Å²) in [6.07, 6.45) is 5.01. The number of nitroso groups, excluding NO2 is 1. The lowest BCUT2D eigenvalue weighted by atomic mass is 9.67. The summed E-state index contributed by atoms with van der Waals surface area (Å²) in [4.78, 5) is 10.7. The van der Waals surface area contributed by atoms with Crippen molar-refractivity contribution in [1.82, 2.24) is 0 Å². The van der Waals surface area contributed by atoms with Crippen molar-refractivity contribution in [2.45, 2.75) is 43.9 Å². The Morgan fingerprint density at radius 1 is 1.13 bits per heavy atom. The van der Waals surface area contributed by atoms with E-state index >= 15 is 0 Å². The molecule has 4 heteroatoms. The third-order valence-electron chi connectivity index (χ3n) is 4.34. The SMILES string of the molecule is O=NC1CCC2CC1CCC21OCCO1. The summed E-state index contributed by atoms with van der Waals surface area (Å²) in [6.45, 7) is 1.47. The third kappa shape index (κ3) is 1.42. The van der Waals surface area contributed by atoms with Crippen molar-refractivity contribution in [2.24, 2.45) is 17.0 Å². The molecular formula is C11H17NO3. The van der Waals surface area contributed by atoms with Gasteiger partial charge in [-0.2, -0.15) is 4.91 Å². The normalized spacial score (nSPS) is 43.1. The summed E-state index contributed by atoms with van der Waals surface area (Å²) >= 11 is 0. The standard InChI is InChI=1S/C11H17NO3/c13-12-10-2-1-9-7-8(10)3-4-11(9)14-5-6-15-11/h8-10H,1-7H2. The van der Waals surface area contributed by atoms with Crippen LogP contribution in [0, 0.1) is 16.7 Å². The predicted octanol–water partition coefficient (Wildman–Crippen LogP) is 2.07. The van der Waals surface area contributed by atoms with Crippen LogP contribution >= 0.6 is 0 Å². The van der Waals surface area contributed by atoms with E-state index in [1.54, 1.807) is 0 Å². The molecule has 0 aromatic rings. The molecule has 1 saturated heterocycles. The fourth-order valence-electron chi connectivity index (χ4n) is 3.54. The lowest BCUT2D eigenvalue weighted by molar-refractivity contribution is -0.227. The molecule has 0 N–H and O–H groups in total. The second kappa shape index (κ2) is 3.52. The zero-order valence-electron chi connectivity index (χ0n) is 8.85. The van der Waals surface area contributed by atoms with Crippen molar-refractivity contribution in [2.75, 3.05) is 13.2 Å². The van der Waals surface area contributed by atoms with Crippen LogP contribution in [0.4, 0.5) is 0 Å². The van der Waals surface area contributed by atoms with Crippen LogP contribution in [0.1, 0.15) is 32.1 Å². The van der Waals surface area contributed by atoms with Gasteiger partial charge in [0.25, 0.3) is 0 Å². The van der Waals surface area contributed by atoms with Crippen LogP contribution in [0.2, 0.25) is 0 Å². The molecule has 84 valence electrons. The highest BCUT2D eigenvalue weighted by Crippen LogP contribution is 2.49. The number of ether oxygens (including phenoxy) is 2. The number of fused-ring (bicyclic) bond motifs is 3. The summed E-state index contributed by atoms with van der Waals surface area (Å²) in [5.74, 6) is 0.695. The van der Waals surface area contributed by atoms with Crippen LogP contribution < -0.4 is 0 Å². The molecule has 0 amide bonds. The smallest absolute Gasteiger partial charge is 0.171 e. The molecule has 0 aromatic carbocycles. The molecule has 3 fully saturated rings. The van der Waals surface area contributed by atoms with Crippen molar-refractivity contribution < 1.29 is 9.47 Å². The highest BCUT2D eigenvalue weighted by atomic mass is 16.7. The molecule has 2 bridgehead atoms. The number of nitrogens with zero attached hydrogens (tertiary/aromatic N) is 1. The monoisotopic (exact) mass is 211 g/mol. The van der Waals surface area contributed by atoms with Crippen LogP contribution in [0.3, 0.4) is 0 Å². The Labute approximate surface area is 89.3 Å². The van der Waals surface area contributed by atoms with E-state index in [1.807, 2.05) is 0 Å². The zero-order valence-corrected chi connectivity index (χ0v) is 8.85. The van der Waals surface area contributed by atoms with Crippen LogP contribution in [0.25, 0.3) is 0 Å². The summed E-state index contributed by atoms with van der Waals surface area (Å²) in [7, 11) is 0. The molecule has 1 heterocycles. The highest BCUT2D eigenvalue weighted by Gasteiger charge is 2.51. The number of hydrogen-bond acceptors (Lipinski definition) is 4. The van der Waals surface area contributed by atoms with Gasteiger partial charge in [-0.3, -0.25) is 0 Å². The van der Waals surface area contributed by atoms with Gasteiger partial charge >= 0.3 is 0 Å². The van der Waals surface area contributed by atoms with E-state index in [-0.39, 0.29) is 11.8 Å². The Hall–Kier alpha value is -0.480. The van der Waals surface area contributed by atoms with Crippen LogP contribution in [-0.2, 0) is 9.47 Å². The molecule has 15 heavy (non-hydrogen) atoms. The summed E-state index contributed by atoms with van der Waals surface area (Å²) in [5, 5.41) is 3.25. The van der Waals surface area contributed by atoms with E-state index in [0.29, 0.717) is 11.8 Å². The van der Waals surface area contributed by atoms with Gasteiger partial charge in [0.2, 0.25) is 0 Å². The third-order valence-corrected chi connectivity index (χ3v) is 4.34. The zero-order chi connectivity index (χ0) is 10.3. The minimum Gasteiger partial charge on any atom is -0.347 e. The van der Waals surface area contributed by atoms with E-state index in [0.717, 1.165) is 45.3 Å². The summed E-state index contributed by atoms with van der Waals surface area (Å²) < 4.78 is 11.6. The number of rotatable bonds is 1. The first kappa shape index (κ1) is 9.73. The molecule has 3 unspecified atom stereocenters. The Balaban J connectivity index is 1.77. The summed E-state index contributed by atoms with van der Waals surface area (Å²) in [5.41, 5.74) is 0. The fourth-order valence-corrected chi connectivity index (χ4v) is 3.54. The lowest BCUT2D eigenvalue weighted by Crippen LogP contribution is -2.48. The van der Waals surface area contributed by atoms with Crippen molar-refractivity contribution in [3.8, 4) is 0 Å². The summed E-state index contributed by atoms with van der Waals surface area (Å²) in [6, 6.07) is 0.0556.